The summed E-state index contributed by atoms with van der Waals surface area (Å²) in [6.07, 6.45) is -4.09. The van der Waals surface area contributed by atoms with Gasteiger partial charge in [0.15, 0.2) is 11.5 Å². The molecule has 0 saturated carbocycles. The van der Waals surface area contributed by atoms with Crippen LogP contribution in [0.5, 0.6) is 11.5 Å². The second kappa shape index (κ2) is 10.6. The Kier molecular flexibility index (Phi) is 7.80. The number of hydrogen-bond donors (Lipinski definition) is 2. The summed E-state index contributed by atoms with van der Waals surface area (Å²) in [5.41, 5.74) is 2.21. The summed E-state index contributed by atoms with van der Waals surface area (Å²) in [6.45, 7) is 4.28. The Balaban J connectivity index is 1.83. The number of benzene rings is 2. The molecule has 2 aromatic carbocycles. The summed E-state index contributed by atoms with van der Waals surface area (Å²) >= 11 is 0. The largest absolute Gasteiger partial charge is 0.493 e. The monoisotopic (exact) mass is 477 g/mol. The maximum absolute atomic E-state index is 12.7. The van der Waals surface area contributed by atoms with Gasteiger partial charge in [-0.3, -0.25) is 14.6 Å². The first-order valence-electron chi connectivity index (χ1n) is 10.8. The van der Waals surface area contributed by atoms with Gasteiger partial charge in [-0.15, -0.1) is 0 Å². The minimum absolute atomic E-state index is 0.0103. The maximum atomic E-state index is 12.7. The highest BCUT2D eigenvalue weighted by Crippen LogP contribution is 2.30. The second-order valence-electron chi connectivity index (χ2n) is 7.65. The van der Waals surface area contributed by atoms with E-state index in [9.17, 15) is 22.8 Å². The van der Waals surface area contributed by atoms with E-state index in [1.165, 1.54) is 12.1 Å². The zero-order chi connectivity index (χ0) is 24.9. The molecule has 1 aliphatic heterocycles. The van der Waals surface area contributed by atoms with Crippen molar-refractivity contribution in [2.24, 2.45) is 4.99 Å². The smallest absolute Gasteiger partial charge is 0.471 e. The van der Waals surface area contributed by atoms with E-state index in [4.69, 9.17) is 14.5 Å². The number of nitrogens with zero attached hydrogens (tertiary/aromatic N) is 1. The number of carbonyl (C=O) groups excluding carboxylic acids is 2. The first-order chi connectivity index (χ1) is 16.2. The molecule has 3 rings (SSSR count). The van der Waals surface area contributed by atoms with E-state index >= 15 is 0 Å². The predicted molar refractivity (Wildman–Crippen MR) is 122 cm³/mol. The molecule has 7 nitrogen and oxygen atoms in total. The van der Waals surface area contributed by atoms with E-state index in [2.05, 4.69) is 5.32 Å². The third-order valence-electron chi connectivity index (χ3n) is 5.31. The molecule has 2 atom stereocenters. The lowest BCUT2D eigenvalue weighted by atomic mass is 9.95. The van der Waals surface area contributed by atoms with Gasteiger partial charge in [0.1, 0.15) is 6.04 Å². The van der Waals surface area contributed by atoms with E-state index in [1.807, 2.05) is 26.0 Å². The Morgan fingerprint density at radius 3 is 2.41 bits per heavy atom. The van der Waals surface area contributed by atoms with Crippen LogP contribution in [0.15, 0.2) is 47.5 Å². The number of hydrogen-bond acceptors (Lipinski definition) is 5. The van der Waals surface area contributed by atoms with Gasteiger partial charge >= 0.3 is 12.1 Å². The summed E-state index contributed by atoms with van der Waals surface area (Å²) < 4.78 is 48.3. The van der Waals surface area contributed by atoms with Crippen LogP contribution < -0.4 is 20.1 Å². The maximum Gasteiger partial charge on any atom is 0.471 e. The van der Waals surface area contributed by atoms with E-state index in [1.54, 1.807) is 30.6 Å². The standard InChI is InChI=1S/C24H26F3N3O4/c1-4-17-21(15-8-11-19(33-3)20(13-15)34-5-2)29-18(22(31)30-17)12-14-6-9-16(10-7-14)28-23(32)24(25,26)27/h6-11,13,17-18H,4-5,12H2,1-3H3,(H,28,32)(H,30,31). The summed E-state index contributed by atoms with van der Waals surface area (Å²) in [5.74, 6) is -1.11. The van der Waals surface area contributed by atoms with Crippen LogP contribution in [0.25, 0.3) is 0 Å². The molecular weight excluding hydrogens is 451 g/mol. The van der Waals surface area contributed by atoms with Gasteiger partial charge in [-0.1, -0.05) is 19.1 Å². The molecule has 2 unspecified atom stereocenters. The molecule has 10 heteroatoms. The van der Waals surface area contributed by atoms with Gasteiger partial charge < -0.3 is 20.1 Å². The van der Waals surface area contributed by atoms with Gasteiger partial charge in [-0.2, -0.15) is 13.2 Å². The molecule has 0 bridgehead atoms. The van der Waals surface area contributed by atoms with Crippen molar-refractivity contribution < 1.29 is 32.2 Å². The zero-order valence-corrected chi connectivity index (χ0v) is 19.0. The van der Waals surface area contributed by atoms with Crippen LogP contribution in [-0.4, -0.2) is 49.5 Å². The number of anilines is 1. The van der Waals surface area contributed by atoms with Gasteiger partial charge in [-0.05, 0) is 49.2 Å². The van der Waals surface area contributed by atoms with Gasteiger partial charge in [0.2, 0.25) is 5.91 Å². The van der Waals surface area contributed by atoms with Crippen LogP contribution in [0, 0.1) is 0 Å². The van der Waals surface area contributed by atoms with Gasteiger partial charge in [0.05, 0.1) is 25.5 Å². The first-order valence-corrected chi connectivity index (χ1v) is 10.8. The van der Waals surface area contributed by atoms with Gasteiger partial charge in [-0.25, -0.2) is 0 Å². The van der Waals surface area contributed by atoms with Crippen LogP contribution in [0.1, 0.15) is 31.4 Å². The Labute approximate surface area is 195 Å². The van der Waals surface area contributed by atoms with Crippen molar-refractivity contribution in [3.05, 3.63) is 53.6 Å². The van der Waals surface area contributed by atoms with Crippen LogP contribution in [0.3, 0.4) is 0 Å². The Hall–Kier alpha value is -3.56. The lowest BCUT2D eigenvalue weighted by Gasteiger charge is -2.29. The molecular formula is C24H26F3N3O4. The van der Waals surface area contributed by atoms with Crippen molar-refractivity contribution in [1.82, 2.24) is 5.32 Å². The number of rotatable bonds is 8. The lowest BCUT2D eigenvalue weighted by Crippen LogP contribution is -2.50. The summed E-state index contributed by atoms with van der Waals surface area (Å²) in [5, 5.41) is 4.79. The molecule has 0 spiro atoms. The van der Waals surface area contributed by atoms with Crippen molar-refractivity contribution >= 4 is 23.2 Å². The highest BCUT2D eigenvalue weighted by atomic mass is 19.4. The molecule has 1 heterocycles. The van der Waals surface area contributed by atoms with Crippen LogP contribution in [0.2, 0.25) is 0 Å². The third-order valence-corrected chi connectivity index (χ3v) is 5.31. The van der Waals surface area contributed by atoms with Crippen LogP contribution in [-0.2, 0) is 16.0 Å². The lowest BCUT2D eigenvalue weighted by molar-refractivity contribution is -0.167. The van der Waals surface area contributed by atoms with Gasteiger partial charge in [0.25, 0.3) is 0 Å². The minimum atomic E-state index is -4.97. The molecule has 0 radical (unpaired) electrons. The normalized spacial score (nSPS) is 18.1. The SMILES string of the molecule is CCOc1cc(C2=NC(Cc3ccc(NC(=O)C(F)(F)F)cc3)C(=O)NC2CC)ccc1OC. The predicted octanol–water partition coefficient (Wildman–Crippen LogP) is 3.90. The average molecular weight is 477 g/mol. The van der Waals surface area contributed by atoms with E-state index in [-0.39, 0.29) is 24.1 Å². The summed E-state index contributed by atoms with van der Waals surface area (Å²) in [6, 6.07) is 10.3. The molecule has 1 aliphatic rings. The van der Waals surface area contributed by atoms with Crippen LogP contribution >= 0.6 is 0 Å². The van der Waals surface area contributed by atoms with Crippen LogP contribution in [0.4, 0.5) is 18.9 Å². The molecule has 2 aromatic rings. The fourth-order valence-electron chi connectivity index (χ4n) is 3.62. The molecule has 0 aliphatic carbocycles. The van der Waals surface area contributed by atoms with E-state index < -0.39 is 18.1 Å². The summed E-state index contributed by atoms with van der Waals surface area (Å²) in [7, 11) is 1.56. The van der Waals surface area contributed by atoms with Crippen molar-refractivity contribution in [3.63, 3.8) is 0 Å². The molecule has 0 aromatic heterocycles. The quantitative estimate of drug-likeness (QED) is 0.604. The fourth-order valence-corrected chi connectivity index (χ4v) is 3.62. The number of methoxy groups -OCH3 is 1. The topological polar surface area (TPSA) is 89.0 Å². The van der Waals surface area contributed by atoms with Crippen molar-refractivity contribution in [2.45, 2.75) is 44.9 Å². The number of amides is 2. The first kappa shape index (κ1) is 25.1. The second-order valence-corrected chi connectivity index (χ2v) is 7.65. The third kappa shape index (κ3) is 5.86. The highest BCUT2D eigenvalue weighted by molar-refractivity contribution is 6.09. The Bertz CT molecular complexity index is 1070. The fraction of sp³-hybridized carbons (Fsp3) is 0.375. The molecule has 0 saturated heterocycles. The molecule has 0 fully saturated rings. The Morgan fingerprint density at radius 2 is 1.82 bits per heavy atom. The zero-order valence-electron chi connectivity index (χ0n) is 19.0. The van der Waals surface area contributed by atoms with E-state index in [0.29, 0.717) is 35.8 Å². The number of ether oxygens (including phenoxy) is 2. The molecule has 2 amide bonds. The van der Waals surface area contributed by atoms with Crippen molar-refractivity contribution in [1.29, 1.82) is 0 Å². The molecule has 34 heavy (non-hydrogen) atoms. The number of nitrogens with one attached hydrogen (secondary N) is 2. The number of alkyl halides is 3. The van der Waals surface area contributed by atoms with E-state index in [0.717, 1.165) is 5.56 Å². The number of carbonyl (C=O) groups is 2. The molecule has 2 N–H and O–H groups in total. The Morgan fingerprint density at radius 1 is 1.12 bits per heavy atom. The summed E-state index contributed by atoms with van der Waals surface area (Å²) in [4.78, 5) is 28.5. The molecule has 182 valence electrons. The number of aliphatic imine (C=N–C) groups is 1. The van der Waals surface area contributed by atoms with Crippen molar-refractivity contribution in [2.75, 3.05) is 19.0 Å². The van der Waals surface area contributed by atoms with Gasteiger partial charge in [0, 0.05) is 17.7 Å². The average Bonchev–Trinajstić information content (AvgIpc) is 2.81. The highest BCUT2D eigenvalue weighted by Gasteiger charge is 2.38. The number of halogens is 3. The minimum Gasteiger partial charge on any atom is -0.493 e. The van der Waals surface area contributed by atoms with Crippen molar-refractivity contribution in [3.8, 4) is 11.5 Å².